The number of halogens is 1. The second kappa shape index (κ2) is 6.43. The molecule has 0 N–H and O–H groups in total. The maximum absolute atomic E-state index is 12.5. The molecule has 1 atom stereocenters. The first-order valence-electron chi connectivity index (χ1n) is 6.75. The van der Waals surface area contributed by atoms with Crippen LogP contribution < -0.4 is 0 Å². The molecular weight excluding hydrogens is 406 g/mol. The first-order chi connectivity index (χ1) is 10.5. The van der Waals surface area contributed by atoms with Crippen molar-refractivity contribution in [3.63, 3.8) is 0 Å². The molecule has 1 amide bonds. The molecule has 0 bridgehead atoms. The van der Waals surface area contributed by atoms with Crippen LogP contribution in [0.15, 0.2) is 33.4 Å². The van der Waals surface area contributed by atoms with Crippen LogP contribution in [0.2, 0.25) is 0 Å². The zero-order valence-electron chi connectivity index (χ0n) is 11.6. The molecule has 0 spiro atoms. The molecule has 0 aliphatic carbocycles. The monoisotopic (exact) mass is 419 g/mol. The van der Waals surface area contributed by atoms with Crippen molar-refractivity contribution >= 4 is 54.3 Å². The molecular formula is C14H14BrNO3S3. The molecule has 8 heteroatoms. The number of rotatable bonds is 2. The van der Waals surface area contributed by atoms with Gasteiger partial charge in [0.25, 0.3) is 5.91 Å². The van der Waals surface area contributed by atoms with E-state index in [4.69, 9.17) is 0 Å². The summed E-state index contributed by atoms with van der Waals surface area (Å²) >= 11 is 6.17. The van der Waals surface area contributed by atoms with Crippen LogP contribution in [0.4, 0.5) is 0 Å². The lowest BCUT2D eigenvalue weighted by molar-refractivity contribution is 0.0771. The van der Waals surface area contributed by atoms with Crippen molar-refractivity contribution in [2.45, 2.75) is 11.7 Å². The lowest BCUT2D eigenvalue weighted by Gasteiger charge is -2.18. The number of thiophene rings is 2. The van der Waals surface area contributed by atoms with E-state index in [1.807, 2.05) is 22.9 Å². The van der Waals surface area contributed by atoms with Gasteiger partial charge in [-0.1, -0.05) is 6.07 Å². The van der Waals surface area contributed by atoms with E-state index in [1.165, 1.54) is 22.7 Å². The Morgan fingerprint density at radius 3 is 2.77 bits per heavy atom. The van der Waals surface area contributed by atoms with Crippen LogP contribution in [0.25, 0.3) is 0 Å². The SMILES string of the molecule is O=C(c1cc(Br)cs1)N1CCC(c2cccs2)S(=O)(=O)CC1. The van der Waals surface area contributed by atoms with Crippen LogP contribution in [-0.4, -0.2) is 38.1 Å². The van der Waals surface area contributed by atoms with Crippen molar-refractivity contribution in [3.8, 4) is 0 Å². The minimum Gasteiger partial charge on any atom is -0.337 e. The lowest BCUT2D eigenvalue weighted by atomic mass is 10.2. The van der Waals surface area contributed by atoms with Crippen molar-refractivity contribution in [2.24, 2.45) is 0 Å². The highest BCUT2D eigenvalue weighted by Crippen LogP contribution is 2.33. The first kappa shape index (κ1) is 16.2. The maximum Gasteiger partial charge on any atom is 0.263 e. The van der Waals surface area contributed by atoms with E-state index in [2.05, 4.69) is 15.9 Å². The highest BCUT2D eigenvalue weighted by Gasteiger charge is 2.33. The van der Waals surface area contributed by atoms with E-state index >= 15 is 0 Å². The Kier molecular flexibility index (Phi) is 4.72. The van der Waals surface area contributed by atoms with Crippen molar-refractivity contribution in [1.29, 1.82) is 0 Å². The summed E-state index contributed by atoms with van der Waals surface area (Å²) in [6.07, 6.45) is 0.459. The molecule has 1 unspecified atom stereocenters. The van der Waals surface area contributed by atoms with Crippen LogP contribution in [0.5, 0.6) is 0 Å². The predicted molar refractivity (Wildman–Crippen MR) is 93.4 cm³/mol. The Hall–Kier alpha value is -0.700. The molecule has 2 aromatic heterocycles. The third kappa shape index (κ3) is 3.29. The summed E-state index contributed by atoms with van der Waals surface area (Å²) in [5.74, 6) is -0.0638. The summed E-state index contributed by atoms with van der Waals surface area (Å²) in [5, 5.41) is 3.26. The molecule has 1 aliphatic rings. The fraction of sp³-hybridized carbons (Fsp3) is 0.357. The fourth-order valence-electron chi connectivity index (χ4n) is 2.52. The molecule has 1 aliphatic heterocycles. The third-order valence-electron chi connectivity index (χ3n) is 3.67. The van der Waals surface area contributed by atoms with Gasteiger partial charge in [-0.15, -0.1) is 22.7 Å². The van der Waals surface area contributed by atoms with Crippen LogP contribution in [0, 0.1) is 0 Å². The molecule has 2 aromatic rings. The molecule has 3 heterocycles. The summed E-state index contributed by atoms with van der Waals surface area (Å²) in [7, 11) is -3.22. The average Bonchev–Trinajstić information content (AvgIpc) is 3.10. The first-order valence-corrected chi connectivity index (χ1v) is 11.0. The topological polar surface area (TPSA) is 54.5 Å². The number of carbonyl (C=O) groups excluding carboxylic acids is 1. The molecule has 118 valence electrons. The van der Waals surface area contributed by atoms with Gasteiger partial charge in [-0.25, -0.2) is 8.42 Å². The Morgan fingerprint density at radius 2 is 2.14 bits per heavy atom. The van der Waals surface area contributed by atoms with Gasteiger partial charge in [0.15, 0.2) is 9.84 Å². The smallest absolute Gasteiger partial charge is 0.263 e. The number of sulfone groups is 1. The molecule has 3 rings (SSSR count). The summed E-state index contributed by atoms with van der Waals surface area (Å²) in [5.41, 5.74) is 0. The van der Waals surface area contributed by atoms with Crippen LogP contribution in [0.1, 0.15) is 26.2 Å². The Morgan fingerprint density at radius 1 is 1.32 bits per heavy atom. The second-order valence-electron chi connectivity index (χ2n) is 5.08. The van der Waals surface area contributed by atoms with Crippen LogP contribution in [0.3, 0.4) is 0 Å². The largest absolute Gasteiger partial charge is 0.337 e. The van der Waals surface area contributed by atoms with Crippen molar-refractivity contribution in [1.82, 2.24) is 4.90 Å². The van der Waals surface area contributed by atoms with Crippen LogP contribution in [-0.2, 0) is 9.84 Å². The standard InChI is InChI=1S/C14H14BrNO3S3/c15-10-8-12(21-9-10)14(17)16-4-3-13(11-2-1-6-20-11)22(18,19)7-5-16/h1-2,6,8-9,13H,3-5,7H2. The molecule has 1 fully saturated rings. The Balaban J connectivity index is 1.80. The number of amides is 1. The van der Waals surface area contributed by atoms with Gasteiger partial charge < -0.3 is 4.90 Å². The molecule has 0 saturated carbocycles. The molecule has 22 heavy (non-hydrogen) atoms. The average molecular weight is 420 g/mol. The van der Waals surface area contributed by atoms with Gasteiger partial charge in [0, 0.05) is 27.8 Å². The van der Waals surface area contributed by atoms with E-state index in [-0.39, 0.29) is 18.2 Å². The highest BCUT2D eigenvalue weighted by molar-refractivity contribution is 9.10. The normalized spacial score (nSPS) is 21.5. The zero-order valence-corrected chi connectivity index (χ0v) is 15.6. The maximum atomic E-state index is 12.5. The van der Waals surface area contributed by atoms with Gasteiger partial charge in [0.1, 0.15) is 0 Å². The second-order valence-corrected chi connectivity index (χ2v) is 10.2. The number of hydrogen-bond donors (Lipinski definition) is 0. The minimum atomic E-state index is -3.22. The summed E-state index contributed by atoms with van der Waals surface area (Å²) < 4.78 is 25.8. The summed E-state index contributed by atoms with van der Waals surface area (Å²) in [4.78, 5) is 15.7. The third-order valence-corrected chi connectivity index (χ3v) is 8.59. The molecule has 4 nitrogen and oxygen atoms in total. The van der Waals surface area contributed by atoms with E-state index < -0.39 is 15.1 Å². The van der Waals surface area contributed by atoms with E-state index in [9.17, 15) is 13.2 Å². The predicted octanol–water partition coefficient (Wildman–Crippen LogP) is 3.57. The Labute approximate surface area is 145 Å². The van der Waals surface area contributed by atoms with Crippen molar-refractivity contribution < 1.29 is 13.2 Å². The van der Waals surface area contributed by atoms with Crippen molar-refractivity contribution in [2.75, 3.05) is 18.8 Å². The van der Waals surface area contributed by atoms with E-state index in [0.29, 0.717) is 17.8 Å². The van der Waals surface area contributed by atoms with E-state index in [0.717, 1.165) is 9.35 Å². The summed E-state index contributed by atoms with van der Waals surface area (Å²) in [6.45, 7) is 0.731. The molecule has 0 radical (unpaired) electrons. The number of hydrogen-bond acceptors (Lipinski definition) is 5. The van der Waals surface area contributed by atoms with Gasteiger partial charge >= 0.3 is 0 Å². The highest BCUT2D eigenvalue weighted by atomic mass is 79.9. The minimum absolute atomic E-state index is 0.0217. The van der Waals surface area contributed by atoms with Gasteiger partial charge in [-0.05, 0) is 39.9 Å². The fourth-order valence-corrected chi connectivity index (χ4v) is 6.92. The number of carbonyl (C=O) groups is 1. The van der Waals surface area contributed by atoms with Crippen LogP contribution >= 0.6 is 38.6 Å². The molecule has 1 saturated heterocycles. The van der Waals surface area contributed by atoms with Crippen molar-refractivity contribution in [3.05, 3.63) is 43.2 Å². The van der Waals surface area contributed by atoms with Gasteiger partial charge in [-0.3, -0.25) is 4.79 Å². The van der Waals surface area contributed by atoms with E-state index in [1.54, 1.807) is 11.0 Å². The number of nitrogens with zero attached hydrogens (tertiary/aromatic N) is 1. The van der Waals surface area contributed by atoms with Gasteiger partial charge in [-0.2, -0.15) is 0 Å². The summed E-state index contributed by atoms with van der Waals surface area (Å²) in [6, 6.07) is 5.51. The Bertz CT molecular complexity index is 767. The zero-order chi connectivity index (χ0) is 15.7. The lowest BCUT2D eigenvalue weighted by Crippen LogP contribution is -2.33. The van der Waals surface area contributed by atoms with Gasteiger partial charge in [0.05, 0.1) is 15.9 Å². The quantitative estimate of drug-likeness (QED) is 0.747. The molecule has 0 aromatic carbocycles. The van der Waals surface area contributed by atoms with Gasteiger partial charge in [0.2, 0.25) is 0 Å².